The fraction of sp³-hybridized carbons (Fsp3) is 0. The first-order chi connectivity index (χ1) is 6.70. The zero-order valence-electron chi connectivity index (χ0n) is 6.82. The van der Waals surface area contributed by atoms with Gasteiger partial charge in [-0.1, -0.05) is 0 Å². The van der Waals surface area contributed by atoms with E-state index in [0.717, 1.165) is 5.69 Å². The lowest BCUT2D eigenvalue weighted by atomic mass is 10.4. The van der Waals surface area contributed by atoms with Gasteiger partial charge < -0.3 is 9.79 Å². The van der Waals surface area contributed by atoms with E-state index >= 15 is 0 Å². The summed E-state index contributed by atoms with van der Waals surface area (Å²) in [5.74, 6) is 0. The van der Waals surface area contributed by atoms with Crippen molar-refractivity contribution < 1.29 is 14.4 Å². The molecule has 0 aliphatic carbocycles. The molecule has 0 bridgehead atoms. The van der Waals surface area contributed by atoms with Gasteiger partial charge in [0.2, 0.25) is 0 Å². The third-order valence-corrected chi connectivity index (χ3v) is 2.85. The van der Waals surface area contributed by atoms with E-state index in [4.69, 9.17) is 14.4 Å². The number of nitrogens with zero attached hydrogens (tertiary/aromatic N) is 2. The number of allylic oxidation sites excluding steroid dienone is 1. The minimum Gasteiger partial charge on any atom is -0.326 e. The van der Waals surface area contributed by atoms with Gasteiger partial charge in [-0.05, 0) is 12.2 Å². The molecule has 1 aliphatic heterocycles. The zero-order valence-corrected chi connectivity index (χ0v) is 9.46. The first-order valence-corrected chi connectivity index (χ1v) is 6.38. The van der Waals surface area contributed by atoms with Crippen molar-refractivity contribution in [3.8, 4) is 0 Å². The summed E-state index contributed by atoms with van der Waals surface area (Å²) >= 11 is 3.10. The van der Waals surface area contributed by atoms with Crippen LogP contribution in [-0.2, 0) is 4.57 Å². The summed E-state index contributed by atoms with van der Waals surface area (Å²) in [6.07, 6.45) is 5.65. The third kappa shape index (κ3) is 4.17. The first-order valence-electron chi connectivity index (χ1n) is 3.42. The Hall–Kier alpha value is -0.460. The van der Waals surface area contributed by atoms with E-state index in [-0.39, 0.29) is 0 Å². The fourth-order valence-electron chi connectivity index (χ4n) is 0.671. The molecule has 1 aromatic heterocycles. The molecule has 1 aromatic rings. The summed E-state index contributed by atoms with van der Waals surface area (Å²) in [6, 6.07) is 0. The Morgan fingerprint density at radius 3 is 2.86 bits per heavy atom. The van der Waals surface area contributed by atoms with Crippen LogP contribution in [0.15, 0.2) is 20.2 Å². The highest BCUT2D eigenvalue weighted by Crippen LogP contribution is 2.29. The van der Waals surface area contributed by atoms with Crippen molar-refractivity contribution in [2.24, 2.45) is 4.40 Å². The Bertz CT molecular complexity index is 373. The molecule has 5 nitrogen and oxygen atoms in total. The third-order valence-electron chi connectivity index (χ3n) is 1.10. The molecule has 0 unspecified atom stereocenters. The van der Waals surface area contributed by atoms with Crippen LogP contribution in [0.5, 0.6) is 0 Å². The molecule has 14 heavy (non-hydrogen) atoms. The summed E-state index contributed by atoms with van der Waals surface area (Å²) in [4.78, 5) is 18.5. The molecule has 0 amide bonds. The average molecular weight is 250 g/mol. The number of rotatable bonds is 0. The average Bonchev–Trinajstić information content (AvgIpc) is 2.42. The SMILES string of the molecule is C1=Cc2ncsc2SN=C1.O=[PH](O)O. The highest BCUT2D eigenvalue weighted by Gasteiger charge is 2.03. The van der Waals surface area contributed by atoms with E-state index in [1.165, 1.54) is 16.2 Å². The van der Waals surface area contributed by atoms with Crippen LogP contribution in [0.2, 0.25) is 0 Å². The predicted molar refractivity (Wildman–Crippen MR) is 58.9 cm³/mol. The first kappa shape index (κ1) is 11.6. The molecule has 0 saturated heterocycles. The lowest BCUT2D eigenvalue weighted by Crippen LogP contribution is -1.68. The molecule has 8 heteroatoms. The van der Waals surface area contributed by atoms with Crippen LogP contribution >= 0.6 is 31.5 Å². The van der Waals surface area contributed by atoms with E-state index in [1.54, 1.807) is 17.6 Å². The molecule has 2 rings (SSSR count). The molecule has 0 spiro atoms. The molecule has 0 atom stereocenters. The molecule has 0 aromatic carbocycles. The van der Waals surface area contributed by atoms with Crippen molar-refractivity contribution in [2.75, 3.05) is 0 Å². The van der Waals surface area contributed by atoms with Crippen molar-refractivity contribution in [1.82, 2.24) is 4.98 Å². The Morgan fingerprint density at radius 1 is 1.43 bits per heavy atom. The van der Waals surface area contributed by atoms with Crippen LogP contribution in [0, 0.1) is 0 Å². The fourth-order valence-corrected chi connectivity index (χ4v) is 2.05. The van der Waals surface area contributed by atoms with Crippen molar-refractivity contribution in [2.45, 2.75) is 4.21 Å². The van der Waals surface area contributed by atoms with Gasteiger partial charge in [-0.3, -0.25) is 4.57 Å². The normalized spacial score (nSPS) is 13.1. The number of fused-ring (bicyclic) bond motifs is 1. The second kappa shape index (κ2) is 6.10. The minimum absolute atomic E-state index is 1.03. The minimum atomic E-state index is -3.13. The molecule has 0 radical (unpaired) electrons. The standard InChI is InChI=1S/C6H4N2S2.H3O3P/c1-2-5-6(9-4-7-5)10-8-3-1;1-4(2)3/h1-4H;4H,(H2,1,2,3). The quantitative estimate of drug-likeness (QED) is 0.540. The maximum absolute atomic E-state index is 8.74. The van der Waals surface area contributed by atoms with E-state index in [1.807, 2.05) is 17.7 Å². The molecule has 1 aliphatic rings. The molecular formula is C6H7N2O3PS2. The Morgan fingerprint density at radius 2 is 2.14 bits per heavy atom. The van der Waals surface area contributed by atoms with Gasteiger partial charge in [0, 0.05) is 18.2 Å². The summed E-state index contributed by atoms with van der Waals surface area (Å²) in [6.45, 7) is 0. The van der Waals surface area contributed by atoms with Gasteiger partial charge in [0.25, 0.3) is 0 Å². The second-order valence-electron chi connectivity index (χ2n) is 2.01. The smallest absolute Gasteiger partial charge is 0.314 e. The predicted octanol–water partition coefficient (Wildman–Crippen LogP) is 1.61. The van der Waals surface area contributed by atoms with Gasteiger partial charge in [0.05, 0.1) is 11.2 Å². The molecule has 0 saturated carbocycles. The Kier molecular flexibility index (Phi) is 5.06. The molecule has 2 heterocycles. The van der Waals surface area contributed by atoms with Crippen LogP contribution < -0.4 is 0 Å². The number of aromatic nitrogens is 1. The maximum atomic E-state index is 8.74. The highest BCUT2D eigenvalue weighted by molar-refractivity contribution is 8.00. The Labute approximate surface area is 89.3 Å². The number of hydrogen-bond acceptors (Lipinski definition) is 5. The van der Waals surface area contributed by atoms with E-state index in [0.29, 0.717) is 0 Å². The van der Waals surface area contributed by atoms with Crippen molar-refractivity contribution in [3.63, 3.8) is 0 Å². The lowest BCUT2D eigenvalue weighted by Gasteiger charge is -1.85. The second-order valence-corrected chi connectivity index (χ2v) is 4.49. The Balaban J connectivity index is 0.000000213. The lowest BCUT2D eigenvalue weighted by molar-refractivity contribution is 0.405. The monoisotopic (exact) mass is 250 g/mol. The highest BCUT2D eigenvalue weighted by atomic mass is 32.2. The topological polar surface area (TPSA) is 82.8 Å². The van der Waals surface area contributed by atoms with Crippen molar-refractivity contribution >= 4 is 43.8 Å². The van der Waals surface area contributed by atoms with E-state index in [9.17, 15) is 0 Å². The molecule has 2 N–H and O–H groups in total. The van der Waals surface area contributed by atoms with Gasteiger partial charge in [0.15, 0.2) is 0 Å². The van der Waals surface area contributed by atoms with Crippen molar-refractivity contribution in [3.05, 3.63) is 17.3 Å². The molecule has 0 fully saturated rings. The zero-order chi connectivity index (χ0) is 10.4. The molecule has 76 valence electrons. The van der Waals surface area contributed by atoms with E-state index in [2.05, 4.69) is 9.38 Å². The summed E-state index contributed by atoms with van der Waals surface area (Å²) in [5, 5.41) is 0. The van der Waals surface area contributed by atoms with Gasteiger partial charge in [-0.15, -0.1) is 11.3 Å². The summed E-state index contributed by atoms with van der Waals surface area (Å²) in [5.41, 5.74) is 2.87. The van der Waals surface area contributed by atoms with Crippen LogP contribution in [0.25, 0.3) is 6.08 Å². The van der Waals surface area contributed by atoms with Gasteiger partial charge in [0.1, 0.15) is 4.21 Å². The molecular weight excluding hydrogens is 243 g/mol. The maximum Gasteiger partial charge on any atom is 0.314 e. The van der Waals surface area contributed by atoms with Crippen LogP contribution in [-0.4, -0.2) is 21.0 Å². The van der Waals surface area contributed by atoms with Gasteiger partial charge >= 0.3 is 8.25 Å². The number of thiazole rings is 1. The van der Waals surface area contributed by atoms with Crippen molar-refractivity contribution in [1.29, 1.82) is 0 Å². The van der Waals surface area contributed by atoms with E-state index < -0.39 is 8.25 Å². The largest absolute Gasteiger partial charge is 0.326 e. The summed E-state index contributed by atoms with van der Waals surface area (Å²) in [7, 11) is -3.13. The van der Waals surface area contributed by atoms with Gasteiger partial charge in [-0.2, -0.15) is 0 Å². The van der Waals surface area contributed by atoms with Crippen LogP contribution in [0.1, 0.15) is 5.69 Å². The van der Waals surface area contributed by atoms with Gasteiger partial charge in [-0.25, -0.2) is 9.38 Å². The van der Waals surface area contributed by atoms with Crippen LogP contribution in [0.4, 0.5) is 0 Å². The number of hydrogen-bond donors (Lipinski definition) is 2. The van der Waals surface area contributed by atoms with Crippen LogP contribution in [0.3, 0.4) is 0 Å². The summed E-state index contributed by atoms with van der Waals surface area (Å²) < 4.78 is 14.0.